The normalized spacial score (nSPS) is 16.8. The number of nitrogens with two attached hydrogens (primary N) is 1. The number of rotatable bonds is 5. The fourth-order valence-corrected chi connectivity index (χ4v) is 4.12. The van der Waals surface area contributed by atoms with Gasteiger partial charge >= 0.3 is 0 Å². The zero-order valence-electron chi connectivity index (χ0n) is 17.0. The van der Waals surface area contributed by atoms with Crippen molar-refractivity contribution in [2.24, 2.45) is 5.92 Å². The molecule has 7 nitrogen and oxygen atoms in total. The summed E-state index contributed by atoms with van der Waals surface area (Å²) < 4.78 is 2.04. The fourth-order valence-electron chi connectivity index (χ4n) is 4.12. The van der Waals surface area contributed by atoms with E-state index in [-0.39, 0.29) is 5.75 Å². The van der Waals surface area contributed by atoms with Crippen LogP contribution in [0.3, 0.4) is 0 Å². The highest BCUT2D eigenvalue weighted by Gasteiger charge is 2.25. The van der Waals surface area contributed by atoms with Crippen molar-refractivity contribution in [2.45, 2.75) is 32.7 Å². The highest BCUT2D eigenvalue weighted by molar-refractivity contribution is 5.78. The Morgan fingerprint density at radius 3 is 2.66 bits per heavy atom. The van der Waals surface area contributed by atoms with Crippen molar-refractivity contribution in [1.29, 1.82) is 0 Å². The van der Waals surface area contributed by atoms with Crippen LogP contribution in [-0.2, 0) is 0 Å². The molecule has 4 rings (SSSR count). The Kier molecular flexibility index (Phi) is 5.49. The van der Waals surface area contributed by atoms with E-state index >= 15 is 0 Å². The lowest BCUT2D eigenvalue weighted by atomic mass is 9.90. The average molecular weight is 393 g/mol. The number of aromatic hydroxyl groups is 1. The summed E-state index contributed by atoms with van der Waals surface area (Å²) in [7, 11) is 0. The van der Waals surface area contributed by atoms with Crippen molar-refractivity contribution in [3.8, 4) is 28.1 Å². The summed E-state index contributed by atoms with van der Waals surface area (Å²) in [6, 6.07) is 9.28. The van der Waals surface area contributed by atoms with Crippen LogP contribution in [0, 0.1) is 5.92 Å². The van der Waals surface area contributed by atoms with Crippen LogP contribution in [0.15, 0.2) is 42.7 Å². The number of phenolic OH excluding ortho intramolecular Hbond substituents is 1. The molecule has 1 aliphatic heterocycles. The molecule has 7 heteroatoms. The lowest BCUT2D eigenvalue weighted by Gasteiger charge is -2.34. The number of aromatic nitrogens is 4. The maximum absolute atomic E-state index is 10.1. The maximum Gasteiger partial charge on any atom is 0.154 e. The van der Waals surface area contributed by atoms with E-state index in [4.69, 9.17) is 5.73 Å². The molecule has 0 radical (unpaired) electrons. The number of anilines is 1. The molecule has 152 valence electrons. The molecule has 1 aromatic carbocycles. The van der Waals surface area contributed by atoms with Crippen LogP contribution in [0.4, 0.5) is 5.82 Å². The molecular weight excluding hydrogens is 364 g/mol. The van der Waals surface area contributed by atoms with Gasteiger partial charge in [0, 0.05) is 22.9 Å². The molecule has 0 spiro atoms. The van der Waals surface area contributed by atoms with Crippen molar-refractivity contribution in [3.63, 3.8) is 0 Å². The number of benzene rings is 1. The monoisotopic (exact) mass is 392 g/mol. The van der Waals surface area contributed by atoms with Crippen molar-refractivity contribution in [2.75, 3.05) is 25.4 Å². The lowest BCUT2D eigenvalue weighted by molar-refractivity contribution is 0.155. The van der Waals surface area contributed by atoms with Gasteiger partial charge in [-0.1, -0.05) is 19.1 Å². The summed E-state index contributed by atoms with van der Waals surface area (Å²) >= 11 is 0. The molecular formula is C22H28N6O. The van der Waals surface area contributed by atoms with Gasteiger partial charge in [0.25, 0.3) is 0 Å². The molecule has 0 amide bonds. The second kappa shape index (κ2) is 8.21. The van der Waals surface area contributed by atoms with Gasteiger partial charge in [-0.25, -0.2) is 0 Å². The molecule has 29 heavy (non-hydrogen) atoms. The molecule has 1 unspecified atom stereocenters. The largest absolute Gasteiger partial charge is 0.507 e. The first-order valence-corrected chi connectivity index (χ1v) is 10.2. The van der Waals surface area contributed by atoms with Gasteiger partial charge in [0.05, 0.1) is 17.9 Å². The highest BCUT2D eigenvalue weighted by Crippen LogP contribution is 2.33. The van der Waals surface area contributed by atoms with Crippen LogP contribution < -0.4 is 5.73 Å². The molecule has 3 N–H and O–H groups in total. The predicted molar refractivity (Wildman–Crippen MR) is 114 cm³/mol. The number of hydrogen-bond acceptors (Lipinski definition) is 6. The van der Waals surface area contributed by atoms with E-state index in [2.05, 4.69) is 34.0 Å². The quantitative estimate of drug-likeness (QED) is 0.689. The predicted octanol–water partition coefficient (Wildman–Crippen LogP) is 3.59. The van der Waals surface area contributed by atoms with E-state index in [1.807, 2.05) is 35.3 Å². The molecule has 1 aliphatic rings. The summed E-state index contributed by atoms with van der Waals surface area (Å²) in [4.78, 5) is 2.50. The third-order valence-corrected chi connectivity index (χ3v) is 6.09. The maximum atomic E-state index is 10.1. The third kappa shape index (κ3) is 3.96. The molecule has 0 bridgehead atoms. The van der Waals surface area contributed by atoms with Gasteiger partial charge in [-0.15, -0.1) is 10.2 Å². The molecule has 3 aromatic rings. The smallest absolute Gasteiger partial charge is 0.154 e. The zero-order chi connectivity index (χ0) is 20.4. The number of likely N-dealkylation sites (tertiary alicyclic amines) is 1. The molecule has 1 atom stereocenters. The summed E-state index contributed by atoms with van der Waals surface area (Å²) in [6.07, 6.45) is 6.26. The SMILES string of the molecule is CCN1CCC(C(C)n2cc(-c3cc(-c4ccccc4O)nnc3N)cn2)CC1. The first-order valence-electron chi connectivity index (χ1n) is 10.2. The van der Waals surface area contributed by atoms with Crippen LogP contribution >= 0.6 is 0 Å². The Balaban J connectivity index is 1.58. The van der Waals surface area contributed by atoms with Gasteiger partial charge in [-0.05, 0) is 63.5 Å². The van der Waals surface area contributed by atoms with Crippen molar-refractivity contribution >= 4 is 5.82 Å². The van der Waals surface area contributed by atoms with Gasteiger partial charge in [0.1, 0.15) is 5.75 Å². The van der Waals surface area contributed by atoms with E-state index in [0.29, 0.717) is 29.0 Å². The highest BCUT2D eigenvalue weighted by atomic mass is 16.3. The second-order valence-electron chi connectivity index (χ2n) is 7.77. The second-order valence-corrected chi connectivity index (χ2v) is 7.77. The molecule has 3 heterocycles. The van der Waals surface area contributed by atoms with Crippen LogP contribution in [0.25, 0.3) is 22.4 Å². The third-order valence-electron chi connectivity index (χ3n) is 6.09. The van der Waals surface area contributed by atoms with Gasteiger partial charge in [-0.2, -0.15) is 5.10 Å². The van der Waals surface area contributed by atoms with Crippen molar-refractivity contribution in [3.05, 3.63) is 42.7 Å². The number of phenols is 1. The summed E-state index contributed by atoms with van der Waals surface area (Å²) in [6.45, 7) is 7.90. The van der Waals surface area contributed by atoms with E-state index in [1.165, 1.54) is 12.8 Å². The van der Waals surface area contributed by atoms with Gasteiger partial charge in [0.15, 0.2) is 5.82 Å². The minimum absolute atomic E-state index is 0.167. The van der Waals surface area contributed by atoms with Crippen LogP contribution in [0.5, 0.6) is 5.75 Å². The van der Waals surface area contributed by atoms with Gasteiger partial charge < -0.3 is 15.7 Å². The molecule has 2 aromatic heterocycles. The average Bonchev–Trinajstić information content (AvgIpc) is 3.24. The first-order chi connectivity index (χ1) is 14.1. The number of nitrogen functional groups attached to an aromatic ring is 1. The van der Waals surface area contributed by atoms with Crippen molar-refractivity contribution in [1.82, 2.24) is 24.9 Å². The molecule has 1 fully saturated rings. The number of piperidine rings is 1. The first kappa shape index (κ1) is 19.4. The van der Waals surface area contributed by atoms with Crippen LogP contribution in [-0.4, -0.2) is 49.6 Å². The minimum atomic E-state index is 0.167. The Morgan fingerprint density at radius 2 is 1.93 bits per heavy atom. The minimum Gasteiger partial charge on any atom is -0.507 e. The van der Waals surface area contributed by atoms with Gasteiger partial charge in [-0.3, -0.25) is 4.68 Å². The van der Waals surface area contributed by atoms with Crippen molar-refractivity contribution < 1.29 is 5.11 Å². The molecule has 1 saturated heterocycles. The Labute approximate surface area is 171 Å². The summed E-state index contributed by atoms with van der Waals surface area (Å²) in [5.74, 6) is 1.14. The summed E-state index contributed by atoms with van der Waals surface area (Å²) in [5, 5.41) is 23.0. The molecule has 0 saturated carbocycles. The number of para-hydroxylation sites is 1. The number of hydrogen-bond donors (Lipinski definition) is 2. The van der Waals surface area contributed by atoms with E-state index < -0.39 is 0 Å². The van der Waals surface area contributed by atoms with Gasteiger partial charge in [0.2, 0.25) is 0 Å². The van der Waals surface area contributed by atoms with E-state index in [9.17, 15) is 5.11 Å². The standard InChI is InChI=1S/C22H28N6O/c1-3-27-10-8-16(9-11-27)15(2)28-14-17(13-24-28)19-12-20(25-26-22(19)23)18-6-4-5-7-21(18)29/h4-7,12-16,29H,3,8-11H2,1-2H3,(H2,23,26). The van der Waals surface area contributed by atoms with Crippen LogP contribution in [0.1, 0.15) is 32.7 Å². The summed E-state index contributed by atoms with van der Waals surface area (Å²) in [5.41, 5.74) is 9.02. The topological polar surface area (TPSA) is 93.1 Å². The van der Waals surface area contributed by atoms with E-state index in [1.54, 1.807) is 12.1 Å². The Morgan fingerprint density at radius 1 is 1.17 bits per heavy atom. The number of nitrogens with zero attached hydrogens (tertiary/aromatic N) is 5. The Hall–Kier alpha value is -2.93. The van der Waals surface area contributed by atoms with E-state index in [0.717, 1.165) is 30.8 Å². The molecule has 0 aliphatic carbocycles. The Bertz CT molecular complexity index is 977. The van der Waals surface area contributed by atoms with Crippen LogP contribution in [0.2, 0.25) is 0 Å². The lowest BCUT2D eigenvalue weighted by Crippen LogP contribution is -2.36. The zero-order valence-corrected chi connectivity index (χ0v) is 17.0. The fraction of sp³-hybridized carbons (Fsp3) is 0.409.